The van der Waals surface area contributed by atoms with E-state index in [1.807, 2.05) is 24.3 Å². The summed E-state index contributed by atoms with van der Waals surface area (Å²) in [4.78, 5) is 27.9. The number of aromatic nitrogens is 2. The van der Waals surface area contributed by atoms with Crippen LogP contribution in [0, 0.1) is 0 Å². The molecular weight excluding hydrogens is 396 g/mol. The Kier molecular flexibility index (Phi) is 7.75. The first-order chi connectivity index (χ1) is 15.1. The molecule has 0 radical (unpaired) electrons. The summed E-state index contributed by atoms with van der Waals surface area (Å²) >= 11 is 0. The smallest absolute Gasteiger partial charge is 0.269 e. The molecule has 8 heteroatoms. The van der Waals surface area contributed by atoms with E-state index in [0.717, 1.165) is 30.5 Å². The predicted octanol–water partition coefficient (Wildman–Crippen LogP) is 4.14. The van der Waals surface area contributed by atoms with Gasteiger partial charge in [0.25, 0.3) is 5.91 Å². The first-order valence-corrected chi connectivity index (χ1v) is 10.3. The molecule has 0 unspecified atom stereocenters. The van der Waals surface area contributed by atoms with E-state index in [2.05, 4.69) is 27.7 Å². The second-order valence-electron chi connectivity index (χ2n) is 7.04. The lowest BCUT2D eigenvalue weighted by Crippen LogP contribution is -2.18. The third kappa shape index (κ3) is 6.67. The largest absolute Gasteiger partial charge is 0.457 e. The molecule has 3 rings (SSSR count). The minimum Gasteiger partial charge on any atom is -0.457 e. The van der Waals surface area contributed by atoms with E-state index in [1.54, 1.807) is 25.2 Å². The van der Waals surface area contributed by atoms with E-state index in [4.69, 9.17) is 9.26 Å². The summed E-state index contributed by atoms with van der Waals surface area (Å²) in [5, 5.41) is 9.23. The number of nitrogens with one attached hydrogen (secondary N) is 2. The van der Waals surface area contributed by atoms with Crippen LogP contribution in [0.3, 0.4) is 0 Å². The molecule has 0 aliphatic carbocycles. The highest BCUT2D eigenvalue weighted by Gasteiger charge is 2.09. The molecule has 8 nitrogen and oxygen atoms in total. The second kappa shape index (κ2) is 10.9. The van der Waals surface area contributed by atoms with Gasteiger partial charge < -0.3 is 14.6 Å². The molecule has 0 spiro atoms. The molecule has 0 saturated heterocycles. The maximum absolute atomic E-state index is 12.2. The van der Waals surface area contributed by atoms with Gasteiger partial charge in [-0.2, -0.15) is 0 Å². The number of anilines is 1. The lowest BCUT2D eigenvalue weighted by atomic mass is 10.1. The molecular formula is C23H26N4O4. The van der Waals surface area contributed by atoms with Crippen LogP contribution in [0.1, 0.15) is 47.9 Å². The predicted molar refractivity (Wildman–Crippen MR) is 116 cm³/mol. The Morgan fingerprint density at radius 3 is 2.61 bits per heavy atom. The normalized spacial score (nSPS) is 10.5. The minimum atomic E-state index is -0.276. The van der Waals surface area contributed by atoms with Crippen molar-refractivity contribution in [3.05, 3.63) is 65.6 Å². The van der Waals surface area contributed by atoms with E-state index < -0.39 is 0 Å². The highest BCUT2D eigenvalue weighted by molar-refractivity contribution is 5.92. The number of rotatable bonds is 10. The molecule has 1 aromatic carbocycles. The van der Waals surface area contributed by atoms with Gasteiger partial charge in [-0.3, -0.25) is 19.9 Å². The van der Waals surface area contributed by atoms with Crippen molar-refractivity contribution in [1.29, 1.82) is 0 Å². The van der Waals surface area contributed by atoms with Crippen LogP contribution in [0.25, 0.3) is 0 Å². The molecule has 0 aliphatic heterocycles. The number of aryl methyl sites for hydroxylation is 2. The van der Waals surface area contributed by atoms with E-state index >= 15 is 0 Å². The number of carbonyl (C=O) groups is 2. The Bertz CT molecular complexity index is 1010. The number of amides is 2. The first-order valence-electron chi connectivity index (χ1n) is 10.3. The molecule has 162 valence electrons. The summed E-state index contributed by atoms with van der Waals surface area (Å²) in [6.07, 6.45) is 5.39. The van der Waals surface area contributed by atoms with E-state index in [-0.39, 0.29) is 17.5 Å². The Hall–Kier alpha value is -3.68. The van der Waals surface area contributed by atoms with Gasteiger partial charge in [-0.1, -0.05) is 30.6 Å². The molecule has 2 N–H and O–H groups in total. The molecule has 2 aromatic heterocycles. The van der Waals surface area contributed by atoms with Crippen LogP contribution >= 0.6 is 0 Å². The van der Waals surface area contributed by atoms with Crippen LogP contribution in [-0.2, 0) is 17.6 Å². The van der Waals surface area contributed by atoms with Gasteiger partial charge in [0.2, 0.25) is 11.8 Å². The van der Waals surface area contributed by atoms with E-state index in [9.17, 15) is 9.59 Å². The average molecular weight is 422 g/mol. The quantitative estimate of drug-likeness (QED) is 0.509. The monoisotopic (exact) mass is 422 g/mol. The molecule has 2 amide bonds. The standard InChI is InChI=1S/C23H26N4O4/c1-3-4-5-17-14-22(31-27-17)26-21(28)11-8-16-6-9-18(10-7-16)30-19-12-13-25-20(15-19)23(29)24-2/h6-7,9-10,12-15H,3-5,8,11H2,1-2H3,(H,24,29)(H,26,28). The van der Waals surface area contributed by atoms with Crippen LogP contribution in [0.2, 0.25) is 0 Å². The van der Waals surface area contributed by atoms with Crippen molar-refractivity contribution in [3.8, 4) is 11.5 Å². The fraction of sp³-hybridized carbons (Fsp3) is 0.304. The zero-order chi connectivity index (χ0) is 22.1. The van der Waals surface area contributed by atoms with Crippen LogP contribution in [0.15, 0.2) is 53.2 Å². The topological polar surface area (TPSA) is 106 Å². The third-order valence-electron chi connectivity index (χ3n) is 4.60. The van der Waals surface area contributed by atoms with Crippen LogP contribution in [0.4, 0.5) is 5.88 Å². The Morgan fingerprint density at radius 2 is 1.87 bits per heavy atom. The molecule has 0 bridgehead atoms. The molecule has 0 aliphatic rings. The van der Waals surface area contributed by atoms with Crippen molar-refractivity contribution in [3.63, 3.8) is 0 Å². The van der Waals surface area contributed by atoms with E-state index in [1.165, 1.54) is 6.20 Å². The van der Waals surface area contributed by atoms with Gasteiger partial charge in [0, 0.05) is 31.8 Å². The van der Waals surface area contributed by atoms with Crippen molar-refractivity contribution in [2.75, 3.05) is 12.4 Å². The second-order valence-corrected chi connectivity index (χ2v) is 7.04. The van der Waals surface area contributed by atoms with Gasteiger partial charge in [0.05, 0.1) is 5.69 Å². The van der Waals surface area contributed by atoms with Gasteiger partial charge in [0.1, 0.15) is 17.2 Å². The zero-order valence-electron chi connectivity index (χ0n) is 17.7. The molecule has 3 aromatic rings. The lowest BCUT2D eigenvalue weighted by Gasteiger charge is -2.08. The van der Waals surface area contributed by atoms with Crippen molar-refractivity contribution in [2.24, 2.45) is 0 Å². The van der Waals surface area contributed by atoms with Gasteiger partial charge in [-0.05, 0) is 43.0 Å². The molecule has 31 heavy (non-hydrogen) atoms. The van der Waals surface area contributed by atoms with Gasteiger partial charge in [-0.15, -0.1) is 0 Å². The fourth-order valence-electron chi connectivity index (χ4n) is 2.89. The van der Waals surface area contributed by atoms with Crippen LogP contribution in [0.5, 0.6) is 11.5 Å². The molecule has 0 atom stereocenters. The number of ether oxygens (including phenoxy) is 1. The van der Waals surface area contributed by atoms with Gasteiger partial charge >= 0.3 is 0 Å². The number of pyridine rings is 1. The number of nitrogens with zero attached hydrogens (tertiary/aromatic N) is 2. The van der Waals surface area contributed by atoms with Crippen molar-refractivity contribution in [2.45, 2.75) is 39.0 Å². The summed E-state index contributed by atoms with van der Waals surface area (Å²) in [6.45, 7) is 2.11. The van der Waals surface area contributed by atoms with Crippen molar-refractivity contribution >= 4 is 17.7 Å². The fourth-order valence-corrected chi connectivity index (χ4v) is 2.89. The SMILES string of the molecule is CCCCc1cc(NC(=O)CCc2ccc(Oc3ccnc(C(=O)NC)c3)cc2)on1. The van der Waals surface area contributed by atoms with Crippen molar-refractivity contribution < 1.29 is 18.8 Å². The Balaban J connectivity index is 1.48. The van der Waals surface area contributed by atoms with E-state index in [0.29, 0.717) is 30.2 Å². The summed E-state index contributed by atoms with van der Waals surface area (Å²) in [5.41, 5.74) is 2.14. The Morgan fingerprint density at radius 1 is 1.06 bits per heavy atom. The summed E-state index contributed by atoms with van der Waals surface area (Å²) < 4.78 is 10.9. The molecule has 0 fully saturated rings. The maximum atomic E-state index is 12.2. The zero-order valence-corrected chi connectivity index (χ0v) is 17.7. The third-order valence-corrected chi connectivity index (χ3v) is 4.60. The lowest BCUT2D eigenvalue weighted by molar-refractivity contribution is -0.116. The average Bonchev–Trinajstić information content (AvgIpc) is 3.24. The number of hydrogen-bond donors (Lipinski definition) is 2. The first kappa shape index (κ1) is 22.0. The van der Waals surface area contributed by atoms with Gasteiger partial charge in [-0.25, -0.2) is 0 Å². The van der Waals surface area contributed by atoms with Crippen molar-refractivity contribution in [1.82, 2.24) is 15.5 Å². The summed E-state index contributed by atoms with van der Waals surface area (Å²) in [5.74, 6) is 1.13. The highest BCUT2D eigenvalue weighted by atomic mass is 16.5. The highest BCUT2D eigenvalue weighted by Crippen LogP contribution is 2.22. The number of hydrogen-bond acceptors (Lipinski definition) is 6. The summed E-state index contributed by atoms with van der Waals surface area (Å²) in [6, 6.07) is 12.5. The Labute approximate surface area is 181 Å². The molecule has 2 heterocycles. The maximum Gasteiger partial charge on any atom is 0.269 e. The number of unbranched alkanes of at least 4 members (excludes halogenated alkanes) is 1. The van der Waals surface area contributed by atoms with Crippen LogP contribution in [-0.4, -0.2) is 29.0 Å². The number of benzene rings is 1. The number of carbonyl (C=O) groups excluding carboxylic acids is 2. The minimum absolute atomic E-state index is 0.128. The summed E-state index contributed by atoms with van der Waals surface area (Å²) in [7, 11) is 1.55. The van der Waals surface area contributed by atoms with Crippen LogP contribution < -0.4 is 15.4 Å². The van der Waals surface area contributed by atoms with Gasteiger partial charge in [0.15, 0.2) is 0 Å². The molecule has 0 saturated carbocycles.